The van der Waals surface area contributed by atoms with Gasteiger partial charge in [0.1, 0.15) is 0 Å². The Bertz CT molecular complexity index is 468. The summed E-state index contributed by atoms with van der Waals surface area (Å²) in [5.41, 5.74) is 1.58. The van der Waals surface area contributed by atoms with Gasteiger partial charge in [-0.2, -0.15) is 13.2 Å². The highest BCUT2D eigenvalue weighted by Gasteiger charge is 2.29. The number of unbranched alkanes of at least 4 members (excludes halogenated alkanes) is 1. The lowest BCUT2D eigenvalue weighted by Gasteiger charge is -2.18. The molecule has 0 saturated carbocycles. The Kier molecular flexibility index (Phi) is 4.71. The Morgan fingerprint density at radius 2 is 1.37 bits per heavy atom. The van der Waals surface area contributed by atoms with Gasteiger partial charge in [0.05, 0.1) is 0 Å². The van der Waals surface area contributed by atoms with Crippen LogP contribution in [-0.2, 0) is 9.59 Å². The van der Waals surface area contributed by atoms with E-state index in [1.54, 1.807) is 20.8 Å². The molecule has 2 nitrogen and oxygen atoms in total. The van der Waals surface area contributed by atoms with E-state index in [0.29, 0.717) is 22.3 Å². The van der Waals surface area contributed by atoms with Crippen LogP contribution < -0.4 is 0 Å². The van der Waals surface area contributed by atoms with Crippen LogP contribution in [0.5, 0.6) is 0 Å². The topological polar surface area (TPSA) is 34.1 Å². The minimum Gasteiger partial charge on any atom is -0.289 e. The maximum atomic E-state index is 12.0. The number of ketones is 2. The molecule has 1 aliphatic carbocycles. The molecule has 0 fully saturated rings. The first kappa shape index (κ1) is 15.7. The second-order valence-corrected chi connectivity index (χ2v) is 4.83. The molecule has 0 heterocycles. The van der Waals surface area contributed by atoms with Crippen molar-refractivity contribution in [3.63, 3.8) is 0 Å². The average molecular weight is 274 g/mol. The van der Waals surface area contributed by atoms with E-state index >= 15 is 0 Å². The number of rotatable bonds is 4. The molecular formula is C14H17F3O2. The van der Waals surface area contributed by atoms with E-state index in [1.807, 2.05) is 0 Å². The van der Waals surface area contributed by atoms with E-state index in [-0.39, 0.29) is 30.8 Å². The van der Waals surface area contributed by atoms with Crippen molar-refractivity contribution in [3.05, 3.63) is 22.3 Å². The Labute approximate surface area is 110 Å². The number of carbonyl (C=O) groups is 2. The maximum Gasteiger partial charge on any atom is 0.389 e. The largest absolute Gasteiger partial charge is 0.389 e. The first-order valence-corrected chi connectivity index (χ1v) is 6.18. The molecule has 0 aromatic heterocycles. The lowest BCUT2D eigenvalue weighted by atomic mass is 9.84. The van der Waals surface area contributed by atoms with Crippen LogP contribution in [-0.4, -0.2) is 17.7 Å². The molecule has 0 aromatic carbocycles. The SMILES string of the molecule is CC1=C(C)C(=O)C(CCCCC(F)(F)F)=C(C)C1=O. The van der Waals surface area contributed by atoms with E-state index in [0.717, 1.165) is 0 Å². The number of alkyl halides is 3. The number of halogens is 3. The minimum absolute atomic E-state index is 0.0243. The number of hydrogen-bond acceptors (Lipinski definition) is 2. The van der Waals surface area contributed by atoms with Gasteiger partial charge in [-0.3, -0.25) is 9.59 Å². The fraction of sp³-hybridized carbons (Fsp3) is 0.571. The molecule has 0 N–H and O–H groups in total. The summed E-state index contributed by atoms with van der Waals surface area (Å²) in [7, 11) is 0. The molecule has 0 aromatic rings. The lowest BCUT2D eigenvalue weighted by Crippen LogP contribution is -2.20. The van der Waals surface area contributed by atoms with Gasteiger partial charge in [0.15, 0.2) is 11.6 Å². The Morgan fingerprint density at radius 1 is 0.842 bits per heavy atom. The summed E-state index contributed by atoms with van der Waals surface area (Å²) < 4.78 is 36.0. The number of hydrogen-bond donors (Lipinski definition) is 0. The quantitative estimate of drug-likeness (QED) is 0.575. The summed E-state index contributed by atoms with van der Waals surface area (Å²) >= 11 is 0. The first-order valence-electron chi connectivity index (χ1n) is 6.18. The fourth-order valence-corrected chi connectivity index (χ4v) is 2.08. The van der Waals surface area contributed by atoms with Crippen LogP contribution in [0, 0.1) is 0 Å². The predicted molar refractivity (Wildman–Crippen MR) is 65.6 cm³/mol. The second kappa shape index (κ2) is 5.72. The summed E-state index contributed by atoms with van der Waals surface area (Å²) in [4.78, 5) is 23.8. The molecule has 1 rings (SSSR count). The molecule has 106 valence electrons. The highest BCUT2D eigenvalue weighted by molar-refractivity contribution is 6.24. The summed E-state index contributed by atoms with van der Waals surface area (Å²) in [5, 5.41) is 0. The van der Waals surface area contributed by atoms with Gasteiger partial charge in [0, 0.05) is 28.7 Å². The predicted octanol–water partition coefficient (Wildman–Crippen LogP) is 3.91. The first-order chi connectivity index (χ1) is 8.65. The summed E-state index contributed by atoms with van der Waals surface area (Å²) in [6.45, 7) is 4.74. The Morgan fingerprint density at radius 3 is 1.89 bits per heavy atom. The fourth-order valence-electron chi connectivity index (χ4n) is 2.08. The zero-order valence-corrected chi connectivity index (χ0v) is 11.3. The zero-order valence-electron chi connectivity index (χ0n) is 11.3. The number of Topliss-reactive ketones (excluding diaryl/α,β-unsaturated/α-hetero) is 2. The Hall–Kier alpha value is -1.39. The van der Waals surface area contributed by atoms with Gasteiger partial charge >= 0.3 is 6.18 Å². The molecular weight excluding hydrogens is 257 g/mol. The van der Waals surface area contributed by atoms with Crippen LogP contribution in [0.4, 0.5) is 13.2 Å². The van der Waals surface area contributed by atoms with Gasteiger partial charge in [-0.25, -0.2) is 0 Å². The molecule has 1 aliphatic rings. The van der Waals surface area contributed by atoms with Crippen molar-refractivity contribution in [2.24, 2.45) is 0 Å². The molecule has 0 radical (unpaired) electrons. The van der Waals surface area contributed by atoms with Gasteiger partial charge in [0.2, 0.25) is 0 Å². The molecule has 0 spiro atoms. The van der Waals surface area contributed by atoms with Crippen LogP contribution >= 0.6 is 0 Å². The van der Waals surface area contributed by atoms with Crippen LogP contribution in [0.1, 0.15) is 46.5 Å². The third-order valence-electron chi connectivity index (χ3n) is 3.45. The van der Waals surface area contributed by atoms with Crippen LogP contribution in [0.3, 0.4) is 0 Å². The van der Waals surface area contributed by atoms with Crippen molar-refractivity contribution >= 4 is 11.6 Å². The van der Waals surface area contributed by atoms with Crippen LogP contribution in [0.25, 0.3) is 0 Å². The van der Waals surface area contributed by atoms with E-state index < -0.39 is 12.6 Å². The number of allylic oxidation sites excluding steroid dienone is 4. The van der Waals surface area contributed by atoms with Crippen molar-refractivity contribution in [3.8, 4) is 0 Å². The van der Waals surface area contributed by atoms with Crippen LogP contribution in [0.2, 0.25) is 0 Å². The molecule has 0 aliphatic heterocycles. The molecule has 0 amide bonds. The summed E-state index contributed by atoms with van der Waals surface area (Å²) in [6.07, 6.45) is -4.55. The summed E-state index contributed by atoms with van der Waals surface area (Å²) in [5.74, 6) is -0.385. The van der Waals surface area contributed by atoms with Gasteiger partial charge in [-0.05, 0) is 40.0 Å². The van der Waals surface area contributed by atoms with Gasteiger partial charge in [0.25, 0.3) is 0 Å². The van der Waals surface area contributed by atoms with Crippen molar-refractivity contribution in [2.45, 2.75) is 52.6 Å². The van der Waals surface area contributed by atoms with Crippen LogP contribution in [0.15, 0.2) is 22.3 Å². The molecule has 0 atom stereocenters. The van der Waals surface area contributed by atoms with Crippen molar-refractivity contribution < 1.29 is 22.8 Å². The smallest absolute Gasteiger partial charge is 0.289 e. The van der Waals surface area contributed by atoms with E-state index in [9.17, 15) is 22.8 Å². The third-order valence-corrected chi connectivity index (χ3v) is 3.45. The van der Waals surface area contributed by atoms with E-state index in [2.05, 4.69) is 0 Å². The van der Waals surface area contributed by atoms with Crippen molar-refractivity contribution in [1.82, 2.24) is 0 Å². The molecule has 0 unspecified atom stereocenters. The monoisotopic (exact) mass is 274 g/mol. The van der Waals surface area contributed by atoms with Gasteiger partial charge < -0.3 is 0 Å². The van der Waals surface area contributed by atoms with Crippen molar-refractivity contribution in [2.75, 3.05) is 0 Å². The van der Waals surface area contributed by atoms with E-state index in [1.165, 1.54) is 0 Å². The molecule has 0 bridgehead atoms. The highest BCUT2D eigenvalue weighted by atomic mass is 19.4. The normalized spacial score (nSPS) is 17.6. The molecule has 19 heavy (non-hydrogen) atoms. The standard InChI is InChI=1S/C14H17F3O2/c1-8-9(2)13(19)11(10(3)12(8)18)6-4-5-7-14(15,16)17/h4-7H2,1-3H3. The van der Waals surface area contributed by atoms with Gasteiger partial charge in [-0.1, -0.05) is 0 Å². The molecule has 0 saturated heterocycles. The molecule has 5 heteroatoms. The Balaban J connectivity index is 2.68. The van der Waals surface area contributed by atoms with Crippen molar-refractivity contribution in [1.29, 1.82) is 0 Å². The lowest BCUT2D eigenvalue weighted by molar-refractivity contribution is -0.135. The maximum absolute atomic E-state index is 12.0. The average Bonchev–Trinajstić information content (AvgIpc) is 2.32. The minimum atomic E-state index is -4.16. The summed E-state index contributed by atoms with van der Waals surface area (Å²) in [6, 6.07) is 0. The third kappa shape index (κ3) is 3.78. The second-order valence-electron chi connectivity index (χ2n) is 4.83. The highest BCUT2D eigenvalue weighted by Crippen LogP contribution is 2.29. The van der Waals surface area contributed by atoms with E-state index in [4.69, 9.17) is 0 Å². The zero-order chi connectivity index (χ0) is 14.8. The number of carbonyl (C=O) groups excluding carboxylic acids is 2. The van der Waals surface area contributed by atoms with Gasteiger partial charge in [-0.15, -0.1) is 0 Å².